The SMILES string of the molecule is CN(CC(=O)Nc1cc2[nH]c(=O)[nH]c2cc1Br)Cc1ccccc1N1CCOCC1. The van der Waals surface area contributed by atoms with Gasteiger partial charge in [0.1, 0.15) is 0 Å². The molecule has 3 N–H and O–H groups in total. The van der Waals surface area contributed by atoms with Crippen LogP contribution >= 0.6 is 15.9 Å². The Balaban J connectivity index is 1.41. The molecular formula is C21H24BrN5O3. The maximum Gasteiger partial charge on any atom is 0.323 e. The van der Waals surface area contributed by atoms with E-state index in [1.165, 1.54) is 11.3 Å². The molecule has 9 heteroatoms. The molecule has 1 aliphatic heterocycles. The van der Waals surface area contributed by atoms with Gasteiger partial charge in [-0.2, -0.15) is 0 Å². The molecule has 2 aromatic carbocycles. The van der Waals surface area contributed by atoms with Crippen LogP contribution in [0, 0.1) is 0 Å². The third kappa shape index (κ3) is 4.75. The van der Waals surface area contributed by atoms with Gasteiger partial charge >= 0.3 is 5.69 Å². The van der Waals surface area contributed by atoms with Crippen LogP contribution in [0.4, 0.5) is 11.4 Å². The molecule has 3 aromatic rings. The highest BCUT2D eigenvalue weighted by atomic mass is 79.9. The number of carbonyl (C=O) groups excluding carboxylic acids is 1. The minimum absolute atomic E-state index is 0.126. The Labute approximate surface area is 182 Å². The van der Waals surface area contributed by atoms with Crippen molar-refractivity contribution in [2.75, 3.05) is 50.1 Å². The molecule has 0 saturated carbocycles. The first-order valence-electron chi connectivity index (χ1n) is 9.80. The van der Waals surface area contributed by atoms with E-state index in [4.69, 9.17) is 4.74 Å². The minimum atomic E-state index is -0.279. The number of imidazole rings is 1. The summed E-state index contributed by atoms with van der Waals surface area (Å²) < 4.78 is 6.17. The number of amides is 1. The number of nitrogens with one attached hydrogen (secondary N) is 3. The molecule has 1 aromatic heterocycles. The summed E-state index contributed by atoms with van der Waals surface area (Å²) in [7, 11) is 1.93. The molecule has 0 aliphatic carbocycles. The van der Waals surface area contributed by atoms with Crippen molar-refractivity contribution in [2.24, 2.45) is 0 Å². The third-order valence-corrected chi connectivity index (χ3v) is 5.73. The fourth-order valence-electron chi connectivity index (χ4n) is 3.69. The van der Waals surface area contributed by atoms with Crippen LogP contribution in [0.25, 0.3) is 11.0 Å². The number of aromatic nitrogens is 2. The predicted molar refractivity (Wildman–Crippen MR) is 121 cm³/mol. The first kappa shape index (κ1) is 20.6. The number of halogens is 1. The number of benzene rings is 2. The van der Waals surface area contributed by atoms with Crippen LogP contribution in [-0.4, -0.2) is 60.7 Å². The highest BCUT2D eigenvalue weighted by Gasteiger charge is 2.16. The summed E-state index contributed by atoms with van der Waals surface area (Å²) in [5.41, 5.74) is 4.04. The van der Waals surface area contributed by atoms with Crippen LogP contribution in [-0.2, 0) is 16.1 Å². The van der Waals surface area contributed by atoms with Gasteiger partial charge in [-0.05, 0) is 46.7 Å². The topological polar surface area (TPSA) is 93.5 Å². The molecule has 1 amide bonds. The van der Waals surface area contributed by atoms with Crippen molar-refractivity contribution < 1.29 is 9.53 Å². The predicted octanol–water partition coefficient (Wildman–Crippen LogP) is 2.53. The van der Waals surface area contributed by atoms with Crippen LogP contribution in [0.2, 0.25) is 0 Å². The highest BCUT2D eigenvalue weighted by molar-refractivity contribution is 9.10. The average molecular weight is 474 g/mol. The van der Waals surface area contributed by atoms with Gasteiger partial charge in [0.2, 0.25) is 5.91 Å². The Morgan fingerprint density at radius 1 is 1.20 bits per heavy atom. The van der Waals surface area contributed by atoms with Crippen LogP contribution < -0.4 is 15.9 Å². The summed E-state index contributed by atoms with van der Waals surface area (Å²) in [6.07, 6.45) is 0. The van der Waals surface area contributed by atoms with Crippen LogP contribution in [0.1, 0.15) is 5.56 Å². The standard InChI is InChI=1S/C21H24BrN5O3/c1-26(12-14-4-2-3-5-19(14)27-6-8-30-9-7-27)13-20(28)23-16-11-18-17(10-15(16)22)24-21(29)25-18/h2-5,10-11H,6-9,12-13H2,1H3,(H,23,28)(H2,24,25,29). The largest absolute Gasteiger partial charge is 0.378 e. The number of ether oxygens (including phenoxy) is 1. The molecule has 158 valence electrons. The van der Waals surface area contributed by atoms with E-state index in [1.807, 2.05) is 24.1 Å². The lowest BCUT2D eigenvalue weighted by atomic mass is 10.1. The van der Waals surface area contributed by atoms with Crippen molar-refractivity contribution in [1.29, 1.82) is 0 Å². The molecule has 1 saturated heterocycles. The molecule has 0 unspecified atom stereocenters. The summed E-state index contributed by atoms with van der Waals surface area (Å²) in [6, 6.07) is 11.8. The normalized spacial score (nSPS) is 14.4. The number of fused-ring (bicyclic) bond motifs is 1. The number of anilines is 2. The Hall–Kier alpha value is -2.62. The molecule has 0 bridgehead atoms. The van der Waals surface area contributed by atoms with Gasteiger partial charge in [0.05, 0.1) is 36.5 Å². The second kappa shape index (κ2) is 9.03. The fraction of sp³-hybridized carbons (Fsp3) is 0.333. The van der Waals surface area contributed by atoms with Crippen molar-refractivity contribution in [3.8, 4) is 0 Å². The molecule has 4 rings (SSSR count). The Morgan fingerprint density at radius 3 is 2.67 bits per heavy atom. The first-order chi connectivity index (χ1) is 14.5. The molecular weight excluding hydrogens is 450 g/mol. The van der Waals surface area contributed by atoms with Crippen molar-refractivity contribution in [1.82, 2.24) is 14.9 Å². The van der Waals surface area contributed by atoms with Crippen molar-refractivity contribution in [3.63, 3.8) is 0 Å². The van der Waals surface area contributed by atoms with E-state index in [1.54, 1.807) is 12.1 Å². The van der Waals surface area contributed by atoms with Gasteiger partial charge in [-0.1, -0.05) is 18.2 Å². The minimum Gasteiger partial charge on any atom is -0.378 e. The lowest BCUT2D eigenvalue weighted by Gasteiger charge is -2.31. The Morgan fingerprint density at radius 2 is 1.90 bits per heavy atom. The van der Waals surface area contributed by atoms with Gasteiger partial charge in [0.25, 0.3) is 0 Å². The van der Waals surface area contributed by atoms with E-state index >= 15 is 0 Å². The smallest absolute Gasteiger partial charge is 0.323 e. The molecule has 30 heavy (non-hydrogen) atoms. The average Bonchev–Trinajstić information content (AvgIpc) is 3.08. The molecule has 1 aliphatic rings. The summed E-state index contributed by atoms with van der Waals surface area (Å²) >= 11 is 3.45. The van der Waals surface area contributed by atoms with E-state index in [2.05, 4.69) is 48.2 Å². The van der Waals surface area contributed by atoms with Crippen molar-refractivity contribution in [2.45, 2.75) is 6.54 Å². The van der Waals surface area contributed by atoms with Gasteiger partial charge in [-0.3, -0.25) is 9.69 Å². The van der Waals surface area contributed by atoms with Crippen molar-refractivity contribution >= 4 is 44.2 Å². The number of carbonyl (C=O) groups is 1. The number of H-pyrrole nitrogens is 2. The Kier molecular flexibility index (Phi) is 6.21. The number of rotatable bonds is 6. The van der Waals surface area contributed by atoms with Crippen LogP contribution in [0.5, 0.6) is 0 Å². The number of aromatic amines is 2. The maximum absolute atomic E-state index is 12.6. The molecule has 0 atom stereocenters. The zero-order valence-electron chi connectivity index (χ0n) is 16.7. The number of hydrogen-bond acceptors (Lipinski definition) is 5. The van der Waals surface area contributed by atoms with Crippen LogP contribution in [0.3, 0.4) is 0 Å². The lowest BCUT2D eigenvalue weighted by Crippen LogP contribution is -2.37. The van der Waals surface area contributed by atoms with Gasteiger partial charge in [0, 0.05) is 29.8 Å². The summed E-state index contributed by atoms with van der Waals surface area (Å²) in [5, 5.41) is 2.92. The van der Waals surface area contributed by atoms with Gasteiger partial charge in [0.15, 0.2) is 0 Å². The monoisotopic (exact) mass is 473 g/mol. The van der Waals surface area contributed by atoms with E-state index in [-0.39, 0.29) is 18.1 Å². The van der Waals surface area contributed by atoms with E-state index < -0.39 is 0 Å². The third-order valence-electron chi connectivity index (χ3n) is 5.07. The molecule has 2 heterocycles. The van der Waals surface area contributed by atoms with Crippen molar-refractivity contribution in [3.05, 3.63) is 56.9 Å². The highest BCUT2D eigenvalue weighted by Crippen LogP contribution is 2.26. The quantitative estimate of drug-likeness (QED) is 0.511. The lowest BCUT2D eigenvalue weighted by molar-refractivity contribution is -0.117. The van der Waals surface area contributed by atoms with Crippen LogP contribution in [0.15, 0.2) is 45.7 Å². The van der Waals surface area contributed by atoms with E-state index in [0.717, 1.165) is 26.3 Å². The second-order valence-corrected chi connectivity index (χ2v) is 8.26. The number of morpholine rings is 1. The van der Waals surface area contributed by atoms with E-state index in [0.29, 0.717) is 27.7 Å². The zero-order chi connectivity index (χ0) is 21.1. The summed E-state index contributed by atoms with van der Waals surface area (Å²) in [4.78, 5) is 33.8. The van der Waals surface area contributed by atoms with Gasteiger partial charge < -0.3 is 24.9 Å². The molecule has 0 radical (unpaired) electrons. The molecule has 1 fully saturated rings. The first-order valence-corrected chi connectivity index (χ1v) is 10.6. The summed E-state index contributed by atoms with van der Waals surface area (Å²) in [5.74, 6) is -0.126. The zero-order valence-corrected chi connectivity index (χ0v) is 18.3. The molecule has 8 nitrogen and oxygen atoms in total. The second-order valence-electron chi connectivity index (χ2n) is 7.41. The fourth-order valence-corrected chi connectivity index (χ4v) is 4.13. The maximum atomic E-state index is 12.6. The van der Waals surface area contributed by atoms with Gasteiger partial charge in [-0.15, -0.1) is 0 Å². The number of nitrogens with zero attached hydrogens (tertiary/aromatic N) is 2. The molecule has 0 spiro atoms. The number of hydrogen-bond donors (Lipinski definition) is 3. The number of para-hydroxylation sites is 1. The number of likely N-dealkylation sites (N-methyl/N-ethyl adjacent to an activating group) is 1. The van der Waals surface area contributed by atoms with E-state index in [9.17, 15) is 9.59 Å². The Bertz CT molecular complexity index is 1100. The summed E-state index contributed by atoms with van der Waals surface area (Å²) in [6.45, 7) is 4.12. The van der Waals surface area contributed by atoms with Gasteiger partial charge in [-0.25, -0.2) is 4.79 Å².